The number of likely N-dealkylation sites (N-methyl/N-ethyl adjacent to an activating group) is 1. The first-order valence-electron chi connectivity index (χ1n) is 6.91. The molecule has 0 saturated carbocycles. The molecule has 0 saturated heterocycles. The van der Waals surface area contributed by atoms with Gasteiger partial charge >= 0.3 is 0 Å². The quantitative estimate of drug-likeness (QED) is 0.652. The molecule has 0 bridgehead atoms. The van der Waals surface area contributed by atoms with Gasteiger partial charge in [-0.1, -0.05) is 34.1 Å². The van der Waals surface area contributed by atoms with Crippen LogP contribution in [0.5, 0.6) is 0 Å². The molecule has 0 aromatic heterocycles. The van der Waals surface area contributed by atoms with E-state index in [2.05, 4.69) is 46.9 Å². The molecule has 0 rings (SSSR count). The van der Waals surface area contributed by atoms with E-state index in [0.29, 0.717) is 6.04 Å². The van der Waals surface area contributed by atoms with Crippen molar-refractivity contribution in [3.05, 3.63) is 0 Å². The summed E-state index contributed by atoms with van der Waals surface area (Å²) in [7, 11) is 0. The van der Waals surface area contributed by atoms with E-state index in [1.54, 1.807) is 0 Å². The van der Waals surface area contributed by atoms with Crippen LogP contribution in [0, 0.1) is 5.92 Å². The van der Waals surface area contributed by atoms with Gasteiger partial charge in [-0.25, -0.2) is 0 Å². The van der Waals surface area contributed by atoms with Gasteiger partial charge in [0.05, 0.1) is 5.60 Å². The zero-order valence-electron chi connectivity index (χ0n) is 12.1. The van der Waals surface area contributed by atoms with Crippen molar-refractivity contribution < 1.29 is 4.74 Å². The zero-order valence-corrected chi connectivity index (χ0v) is 12.1. The Balaban J connectivity index is 4.57. The average Bonchev–Trinajstić information content (AvgIpc) is 2.28. The molecule has 3 unspecified atom stereocenters. The molecular formula is C14H31NO. The zero-order chi connectivity index (χ0) is 12.6. The molecule has 0 aromatic carbocycles. The van der Waals surface area contributed by atoms with E-state index in [9.17, 15) is 0 Å². The highest BCUT2D eigenvalue weighted by atomic mass is 16.5. The normalized spacial score (nSPS) is 19.1. The van der Waals surface area contributed by atoms with Gasteiger partial charge < -0.3 is 10.1 Å². The Morgan fingerprint density at radius 3 is 2.19 bits per heavy atom. The third-order valence-electron chi connectivity index (χ3n) is 3.70. The lowest BCUT2D eigenvalue weighted by molar-refractivity contribution is -0.0596. The van der Waals surface area contributed by atoms with Crippen LogP contribution in [0.15, 0.2) is 0 Å². The van der Waals surface area contributed by atoms with E-state index in [1.165, 1.54) is 12.8 Å². The van der Waals surface area contributed by atoms with Gasteiger partial charge in [-0.15, -0.1) is 0 Å². The van der Waals surface area contributed by atoms with Crippen molar-refractivity contribution in [2.75, 3.05) is 13.2 Å². The summed E-state index contributed by atoms with van der Waals surface area (Å²) < 4.78 is 5.98. The molecule has 0 fully saturated rings. The first-order chi connectivity index (χ1) is 7.53. The van der Waals surface area contributed by atoms with Crippen molar-refractivity contribution in [2.45, 2.75) is 72.4 Å². The van der Waals surface area contributed by atoms with Gasteiger partial charge in [-0.3, -0.25) is 0 Å². The highest BCUT2D eigenvalue weighted by Gasteiger charge is 2.33. The second-order valence-corrected chi connectivity index (χ2v) is 4.96. The fraction of sp³-hybridized carbons (Fsp3) is 1.00. The SMILES string of the molecule is CCNC(CC(C)CC)C(C)(CC)OCC. The predicted octanol–water partition coefficient (Wildman–Crippen LogP) is 3.61. The van der Waals surface area contributed by atoms with Gasteiger partial charge in [0.15, 0.2) is 0 Å². The van der Waals surface area contributed by atoms with Crippen LogP contribution < -0.4 is 5.32 Å². The molecule has 1 N–H and O–H groups in total. The topological polar surface area (TPSA) is 21.3 Å². The Labute approximate surface area is 102 Å². The first kappa shape index (κ1) is 15.9. The number of hydrogen-bond donors (Lipinski definition) is 1. The summed E-state index contributed by atoms with van der Waals surface area (Å²) in [6.07, 6.45) is 3.51. The van der Waals surface area contributed by atoms with Gasteiger partial charge in [0, 0.05) is 12.6 Å². The van der Waals surface area contributed by atoms with Gasteiger partial charge in [0.1, 0.15) is 0 Å². The van der Waals surface area contributed by atoms with Crippen LogP contribution in [0.25, 0.3) is 0 Å². The largest absolute Gasteiger partial charge is 0.374 e. The third-order valence-corrected chi connectivity index (χ3v) is 3.70. The van der Waals surface area contributed by atoms with Crippen LogP contribution in [0.2, 0.25) is 0 Å². The number of rotatable bonds is 9. The summed E-state index contributed by atoms with van der Waals surface area (Å²) >= 11 is 0. The molecule has 98 valence electrons. The van der Waals surface area contributed by atoms with Gasteiger partial charge in [0.25, 0.3) is 0 Å². The van der Waals surface area contributed by atoms with Crippen molar-refractivity contribution in [1.29, 1.82) is 0 Å². The Morgan fingerprint density at radius 2 is 1.81 bits per heavy atom. The summed E-state index contributed by atoms with van der Waals surface area (Å²) in [6, 6.07) is 0.470. The maximum Gasteiger partial charge on any atom is 0.0804 e. The Hall–Kier alpha value is -0.0800. The smallest absolute Gasteiger partial charge is 0.0804 e. The van der Waals surface area contributed by atoms with E-state index in [-0.39, 0.29) is 5.60 Å². The van der Waals surface area contributed by atoms with Crippen molar-refractivity contribution in [2.24, 2.45) is 5.92 Å². The molecule has 0 aliphatic heterocycles. The molecule has 0 amide bonds. The molecule has 0 aromatic rings. The summed E-state index contributed by atoms with van der Waals surface area (Å²) in [6.45, 7) is 15.1. The van der Waals surface area contributed by atoms with E-state index in [4.69, 9.17) is 4.74 Å². The summed E-state index contributed by atoms with van der Waals surface area (Å²) in [4.78, 5) is 0. The van der Waals surface area contributed by atoms with Gasteiger partial charge in [0.2, 0.25) is 0 Å². The highest BCUT2D eigenvalue weighted by Crippen LogP contribution is 2.26. The minimum Gasteiger partial charge on any atom is -0.374 e. The second kappa shape index (κ2) is 8.08. The minimum atomic E-state index is -0.0197. The van der Waals surface area contributed by atoms with Gasteiger partial charge in [-0.05, 0) is 39.2 Å². The van der Waals surface area contributed by atoms with Crippen molar-refractivity contribution in [1.82, 2.24) is 5.32 Å². The molecule has 0 aliphatic carbocycles. The molecule has 2 heteroatoms. The lowest BCUT2D eigenvalue weighted by Gasteiger charge is -2.38. The monoisotopic (exact) mass is 229 g/mol. The fourth-order valence-electron chi connectivity index (χ4n) is 2.14. The molecule has 3 atom stereocenters. The summed E-state index contributed by atoms with van der Waals surface area (Å²) in [5, 5.41) is 3.60. The van der Waals surface area contributed by atoms with Crippen LogP contribution in [-0.4, -0.2) is 24.8 Å². The van der Waals surface area contributed by atoms with Crippen LogP contribution in [0.1, 0.15) is 60.8 Å². The molecule has 2 nitrogen and oxygen atoms in total. The lowest BCUT2D eigenvalue weighted by atomic mass is 9.85. The molecular weight excluding hydrogens is 198 g/mol. The predicted molar refractivity (Wildman–Crippen MR) is 71.9 cm³/mol. The van der Waals surface area contributed by atoms with E-state index >= 15 is 0 Å². The molecule has 0 spiro atoms. The minimum absolute atomic E-state index is 0.0197. The van der Waals surface area contributed by atoms with Crippen LogP contribution in [0.3, 0.4) is 0 Å². The Kier molecular flexibility index (Phi) is 8.04. The highest BCUT2D eigenvalue weighted by molar-refractivity contribution is 4.89. The van der Waals surface area contributed by atoms with E-state index in [1.807, 2.05) is 0 Å². The first-order valence-corrected chi connectivity index (χ1v) is 6.91. The van der Waals surface area contributed by atoms with Crippen LogP contribution in [-0.2, 0) is 4.74 Å². The fourth-order valence-corrected chi connectivity index (χ4v) is 2.14. The standard InChI is InChI=1S/C14H31NO/c1-7-12(5)11-13(15-9-3)14(6,8-2)16-10-4/h12-13,15H,7-11H2,1-6H3. The summed E-state index contributed by atoms with van der Waals surface area (Å²) in [5.41, 5.74) is -0.0197. The van der Waals surface area contributed by atoms with E-state index in [0.717, 1.165) is 25.5 Å². The number of hydrogen-bond acceptors (Lipinski definition) is 2. The Bertz CT molecular complexity index is 172. The maximum atomic E-state index is 5.98. The summed E-state index contributed by atoms with van der Waals surface area (Å²) in [5.74, 6) is 0.760. The van der Waals surface area contributed by atoms with Crippen LogP contribution in [0.4, 0.5) is 0 Å². The van der Waals surface area contributed by atoms with Crippen molar-refractivity contribution >= 4 is 0 Å². The molecule has 16 heavy (non-hydrogen) atoms. The number of nitrogens with one attached hydrogen (secondary N) is 1. The maximum absolute atomic E-state index is 5.98. The van der Waals surface area contributed by atoms with E-state index < -0.39 is 0 Å². The lowest BCUT2D eigenvalue weighted by Crippen LogP contribution is -2.51. The van der Waals surface area contributed by atoms with Crippen molar-refractivity contribution in [3.8, 4) is 0 Å². The molecule has 0 heterocycles. The second-order valence-electron chi connectivity index (χ2n) is 4.96. The molecule has 0 radical (unpaired) electrons. The van der Waals surface area contributed by atoms with Gasteiger partial charge in [-0.2, -0.15) is 0 Å². The Morgan fingerprint density at radius 1 is 1.19 bits per heavy atom. The third kappa shape index (κ3) is 4.84. The number of ether oxygens (including phenoxy) is 1. The molecule has 0 aliphatic rings. The van der Waals surface area contributed by atoms with Crippen LogP contribution >= 0.6 is 0 Å². The van der Waals surface area contributed by atoms with Crippen molar-refractivity contribution in [3.63, 3.8) is 0 Å². The average molecular weight is 229 g/mol.